The van der Waals surface area contributed by atoms with E-state index in [1.165, 1.54) is 0 Å². The van der Waals surface area contributed by atoms with Crippen molar-refractivity contribution in [3.05, 3.63) is 52.0 Å². The van der Waals surface area contributed by atoms with Gasteiger partial charge in [0.05, 0.1) is 10.7 Å². The number of benzene rings is 1. The lowest BCUT2D eigenvalue weighted by molar-refractivity contribution is 0.574. The fraction of sp³-hybridized carbons (Fsp3) is 0.308. The van der Waals surface area contributed by atoms with Gasteiger partial charge in [-0.2, -0.15) is 5.10 Å². The van der Waals surface area contributed by atoms with E-state index in [9.17, 15) is 4.39 Å². The molecule has 5 heteroatoms. The van der Waals surface area contributed by atoms with Gasteiger partial charge in [-0.3, -0.25) is 4.68 Å². The first-order valence-electron chi connectivity index (χ1n) is 5.82. The first-order valence-corrected chi connectivity index (χ1v) is 6.62. The van der Waals surface area contributed by atoms with E-state index in [0.29, 0.717) is 16.5 Å². The molecule has 1 aromatic heterocycles. The molecule has 0 amide bonds. The fourth-order valence-electron chi connectivity index (χ4n) is 1.86. The van der Waals surface area contributed by atoms with E-state index in [1.807, 2.05) is 17.8 Å². The van der Waals surface area contributed by atoms with E-state index < -0.39 is 0 Å². The summed E-state index contributed by atoms with van der Waals surface area (Å²) in [6.07, 6.45) is 4.29. The number of rotatable bonds is 4. The fourth-order valence-corrected chi connectivity index (χ4v) is 2.24. The lowest BCUT2D eigenvalue weighted by atomic mass is 10.0. The summed E-state index contributed by atoms with van der Waals surface area (Å²) in [5.41, 5.74) is 7.59. The van der Waals surface area contributed by atoms with Crippen molar-refractivity contribution in [2.45, 2.75) is 25.9 Å². The van der Waals surface area contributed by atoms with Crippen LogP contribution in [0, 0.1) is 5.82 Å². The Morgan fingerprint density at radius 2 is 2.28 bits per heavy atom. The number of nitrogens with two attached hydrogens (primary N) is 1. The molecule has 2 rings (SSSR count). The molecule has 0 aliphatic carbocycles. The molecule has 0 aliphatic rings. The van der Waals surface area contributed by atoms with Crippen molar-refractivity contribution < 1.29 is 4.39 Å². The molecule has 0 bridgehead atoms. The maximum atomic E-state index is 13.9. The Bertz CT molecular complexity index is 539. The Kier molecular flexibility index (Phi) is 4.14. The van der Waals surface area contributed by atoms with Crippen LogP contribution in [-0.2, 0) is 13.0 Å². The van der Waals surface area contributed by atoms with E-state index in [2.05, 4.69) is 21.0 Å². The molecule has 1 heterocycles. The number of aryl methyl sites for hydroxylation is 1. The van der Waals surface area contributed by atoms with Crippen LogP contribution in [0.3, 0.4) is 0 Å². The van der Waals surface area contributed by atoms with Crippen LogP contribution in [0.25, 0.3) is 0 Å². The van der Waals surface area contributed by atoms with Crippen molar-refractivity contribution in [2.24, 2.45) is 5.73 Å². The third-order valence-corrected chi connectivity index (χ3v) is 3.46. The maximum absolute atomic E-state index is 13.9. The molecule has 2 N–H and O–H groups in total. The number of aromatic nitrogens is 2. The average Bonchev–Trinajstić information content (AvgIpc) is 2.80. The standard InChI is InChI=1S/C13H15BrFN3/c1-2-18-8-9(7-17-18)6-12(16)10-4-3-5-11(14)13(10)15/h3-5,7-8,12H,2,6,16H2,1H3. The molecule has 1 aromatic carbocycles. The minimum absolute atomic E-state index is 0.284. The number of hydrogen-bond acceptors (Lipinski definition) is 2. The summed E-state index contributed by atoms with van der Waals surface area (Å²) >= 11 is 3.17. The molecule has 0 fully saturated rings. The Balaban J connectivity index is 2.16. The van der Waals surface area contributed by atoms with E-state index >= 15 is 0 Å². The summed E-state index contributed by atoms with van der Waals surface area (Å²) in [4.78, 5) is 0. The van der Waals surface area contributed by atoms with Crippen LogP contribution in [0.15, 0.2) is 35.1 Å². The van der Waals surface area contributed by atoms with E-state index in [4.69, 9.17) is 5.73 Å². The van der Waals surface area contributed by atoms with Crippen LogP contribution in [0.2, 0.25) is 0 Å². The Morgan fingerprint density at radius 3 is 2.94 bits per heavy atom. The Labute approximate surface area is 114 Å². The molecule has 1 unspecified atom stereocenters. The highest BCUT2D eigenvalue weighted by atomic mass is 79.9. The van der Waals surface area contributed by atoms with Gasteiger partial charge in [0, 0.05) is 24.3 Å². The predicted octanol–water partition coefficient (Wildman–Crippen LogP) is 3.05. The zero-order chi connectivity index (χ0) is 13.1. The molecule has 2 aromatic rings. The van der Waals surface area contributed by atoms with Crippen LogP contribution in [0.5, 0.6) is 0 Å². The first-order chi connectivity index (χ1) is 8.61. The minimum atomic E-state index is -0.364. The molecule has 0 radical (unpaired) electrons. The van der Waals surface area contributed by atoms with Crippen molar-refractivity contribution >= 4 is 15.9 Å². The smallest absolute Gasteiger partial charge is 0.142 e. The number of hydrogen-bond donors (Lipinski definition) is 1. The number of halogens is 2. The van der Waals surface area contributed by atoms with E-state index in [-0.39, 0.29) is 11.9 Å². The first kappa shape index (κ1) is 13.2. The highest BCUT2D eigenvalue weighted by molar-refractivity contribution is 9.10. The van der Waals surface area contributed by atoms with Gasteiger partial charge < -0.3 is 5.73 Å². The Morgan fingerprint density at radius 1 is 1.50 bits per heavy atom. The van der Waals surface area contributed by atoms with Gasteiger partial charge >= 0.3 is 0 Å². The van der Waals surface area contributed by atoms with Gasteiger partial charge in [0.2, 0.25) is 0 Å². The third-order valence-electron chi connectivity index (χ3n) is 2.85. The molecule has 18 heavy (non-hydrogen) atoms. The summed E-state index contributed by atoms with van der Waals surface area (Å²) in [5, 5.41) is 4.18. The Hall–Kier alpha value is -1.20. The van der Waals surface area contributed by atoms with Crippen molar-refractivity contribution in [1.82, 2.24) is 9.78 Å². The number of nitrogens with zero attached hydrogens (tertiary/aromatic N) is 2. The molecule has 0 saturated carbocycles. The van der Waals surface area contributed by atoms with Crippen LogP contribution in [-0.4, -0.2) is 9.78 Å². The van der Waals surface area contributed by atoms with Gasteiger partial charge in [-0.15, -0.1) is 0 Å². The highest BCUT2D eigenvalue weighted by Gasteiger charge is 2.14. The topological polar surface area (TPSA) is 43.8 Å². The van der Waals surface area contributed by atoms with Crippen molar-refractivity contribution in [3.8, 4) is 0 Å². The normalized spacial score (nSPS) is 12.7. The predicted molar refractivity (Wildman–Crippen MR) is 72.6 cm³/mol. The minimum Gasteiger partial charge on any atom is -0.324 e. The lowest BCUT2D eigenvalue weighted by Gasteiger charge is -2.12. The van der Waals surface area contributed by atoms with Crippen molar-refractivity contribution in [3.63, 3.8) is 0 Å². The van der Waals surface area contributed by atoms with Gasteiger partial charge in [0.15, 0.2) is 0 Å². The second-order valence-electron chi connectivity index (χ2n) is 4.16. The van der Waals surface area contributed by atoms with Crippen LogP contribution >= 0.6 is 15.9 Å². The SMILES string of the molecule is CCn1cc(CC(N)c2cccc(Br)c2F)cn1. The lowest BCUT2D eigenvalue weighted by Crippen LogP contribution is -2.15. The molecular weight excluding hydrogens is 297 g/mol. The quantitative estimate of drug-likeness (QED) is 0.943. The molecule has 96 valence electrons. The second kappa shape index (κ2) is 5.63. The summed E-state index contributed by atoms with van der Waals surface area (Å²) in [5.74, 6) is -0.284. The van der Waals surface area contributed by atoms with Gasteiger partial charge in [-0.25, -0.2) is 4.39 Å². The second-order valence-corrected chi connectivity index (χ2v) is 5.01. The molecule has 0 saturated heterocycles. The van der Waals surface area contributed by atoms with Gasteiger partial charge in [0.1, 0.15) is 5.82 Å². The summed E-state index contributed by atoms with van der Waals surface area (Å²) < 4.78 is 16.2. The highest BCUT2D eigenvalue weighted by Crippen LogP contribution is 2.24. The van der Waals surface area contributed by atoms with Crippen LogP contribution in [0.4, 0.5) is 4.39 Å². The van der Waals surface area contributed by atoms with Gasteiger partial charge in [-0.05, 0) is 40.9 Å². The molecule has 0 spiro atoms. The average molecular weight is 312 g/mol. The molecule has 3 nitrogen and oxygen atoms in total. The summed E-state index contributed by atoms with van der Waals surface area (Å²) in [6, 6.07) is 4.81. The third kappa shape index (κ3) is 2.79. The van der Waals surface area contributed by atoms with Crippen molar-refractivity contribution in [1.29, 1.82) is 0 Å². The van der Waals surface area contributed by atoms with Crippen LogP contribution in [0.1, 0.15) is 24.1 Å². The van der Waals surface area contributed by atoms with E-state index in [1.54, 1.807) is 24.4 Å². The van der Waals surface area contributed by atoms with E-state index in [0.717, 1.165) is 12.1 Å². The largest absolute Gasteiger partial charge is 0.324 e. The monoisotopic (exact) mass is 311 g/mol. The summed E-state index contributed by atoms with van der Waals surface area (Å²) in [7, 11) is 0. The molecule has 0 aliphatic heterocycles. The zero-order valence-electron chi connectivity index (χ0n) is 10.1. The van der Waals surface area contributed by atoms with Gasteiger partial charge in [0.25, 0.3) is 0 Å². The molecular formula is C13H15BrFN3. The van der Waals surface area contributed by atoms with Crippen molar-refractivity contribution in [2.75, 3.05) is 0 Å². The van der Waals surface area contributed by atoms with Crippen LogP contribution < -0.4 is 5.73 Å². The summed E-state index contributed by atoms with van der Waals surface area (Å²) in [6.45, 7) is 2.84. The zero-order valence-corrected chi connectivity index (χ0v) is 11.7. The molecule has 1 atom stereocenters. The maximum Gasteiger partial charge on any atom is 0.142 e. The van der Waals surface area contributed by atoms with Gasteiger partial charge in [-0.1, -0.05) is 12.1 Å².